The Morgan fingerprint density at radius 2 is 1.13 bits per heavy atom. The van der Waals surface area contributed by atoms with E-state index in [9.17, 15) is 19.2 Å². The van der Waals surface area contributed by atoms with E-state index in [2.05, 4.69) is 0 Å². The molecule has 38 heavy (non-hydrogen) atoms. The molecule has 6 atom stereocenters. The first-order valence-corrected chi connectivity index (χ1v) is 13.2. The Bertz CT molecular complexity index is 1320. The van der Waals surface area contributed by atoms with E-state index in [1.807, 2.05) is 33.8 Å². The summed E-state index contributed by atoms with van der Waals surface area (Å²) in [7, 11) is 0. The minimum atomic E-state index is -0.992. The summed E-state index contributed by atoms with van der Waals surface area (Å²) in [5, 5.41) is 0. The number of benzene rings is 2. The molecule has 8 nitrogen and oxygen atoms in total. The van der Waals surface area contributed by atoms with E-state index in [0.717, 1.165) is 5.57 Å². The molecule has 5 aliphatic rings. The van der Waals surface area contributed by atoms with Gasteiger partial charge in [0.05, 0.1) is 48.3 Å². The van der Waals surface area contributed by atoms with E-state index in [-0.39, 0.29) is 23.6 Å². The van der Waals surface area contributed by atoms with Crippen LogP contribution in [0.3, 0.4) is 0 Å². The molecule has 2 aromatic rings. The minimum Gasteiger partial charge on any atom is -0.492 e. The monoisotopic (exact) mass is 514 g/mol. The van der Waals surface area contributed by atoms with Gasteiger partial charge in [-0.25, -0.2) is 9.80 Å². The van der Waals surface area contributed by atoms with E-state index in [4.69, 9.17) is 9.47 Å². The number of anilines is 2. The van der Waals surface area contributed by atoms with Crippen molar-refractivity contribution in [1.82, 2.24) is 0 Å². The van der Waals surface area contributed by atoms with Gasteiger partial charge < -0.3 is 9.47 Å². The Kier molecular flexibility index (Phi) is 5.49. The van der Waals surface area contributed by atoms with Crippen molar-refractivity contribution in [3.05, 3.63) is 60.2 Å². The van der Waals surface area contributed by atoms with Gasteiger partial charge in [0, 0.05) is 11.3 Å². The maximum Gasteiger partial charge on any atom is 0.238 e. The third kappa shape index (κ3) is 2.97. The second-order valence-electron chi connectivity index (χ2n) is 10.5. The summed E-state index contributed by atoms with van der Waals surface area (Å²) >= 11 is 0. The van der Waals surface area contributed by atoms with Gasteiger partial charge in [-0.15, -0.1) is 0 Å². The molecular formula is C30H30N2O6. The summed E-state index contributed by atoms with van der Waals surface area (Å²) in [6.07, 6.45) is 1.95. The average molecular weight is 515 g/mol. The lowest BCUT2D eigenvalue weighted by Crippen LogP contribution is -2.58. The van der Waals surface area contributed by atoms with Crippen molar-refractivity contribution in [1.29, 1.82) is 0 Å². The van der Waals surface area contributed by atoms with Crippen LogP contribution in [-0.2, 0) is 19.2 Å². The summed E-state index contributed by atoms with van der Waals surface area (Å²) in [6, 6.07) is 14.0. The standard InChI is InChI=1S/C30H30N2O6/c1-5-37-20-13-9-7-11-18(20)31-26(33)22-17-15-16(3)30(4,24(22)28(31)35)25-23(17)27(34)32(29(25)36)19-12-8-10-14-21(19)38-6-2/h7-15,17,22-25H,5-6H2,1-4H3/t17?,22-,23+,24+,25-,30?. The van der Waals surface area contributed by atoms with Crippen LogP contribution < -0.4 is 19.3 Å². The van der Waals surface area contributed by atoms with Crippen LogP contribution >= 0.6 is 0 Å². The molecule has 2 aromatic carbocycles. The van der Waals surface area contributed by atoms with Crippen molar-refractivity contribution < 1.29 is 28.7 Å². The zero-order valence-electron chi connectivity index (χ0n) is 21.8. The highest BCUT2D eigenvalue weighted by atomic mass is 16.5. The first kappa shape index (κ1) is 24.4. The third-order valence-electron chi connectivity index (χ3n) is 8.93. The molecule has 0 N–H and O–H groups in total. The number of hydrogen-bond acceptors (Lipinski definition) is 6. The van der Waals surface area contributed by atoms with Crippen molar-refractivity contribution >= 4 is 35.0 Å². The van der Waals surface area contributed by atoms with Crippen LogP contribution in [-0.4, -0.2) is 36.8 Å². The molecule has 2 bridgehead atoms. The lowest BCUT2D eigenvalue weighted by molar-refractivity contribution is -0.146. The van der Waals surface area contributed by atoms with Crippen LogP contribution in [0.25, 0.3) is 0 Å². The molecule has 3 aliphatic carbocycles. The topological polar surface area (TPSA) is 93.2 Å². The van der Waals surface area contributed by atoms with Crippen LogP contribution in [0.5, 0.6) is 11.5 Å². The maximum absolute atomic E-state index is 14.1. The van der Waals surface area contributed by atoms with E-state index in [0.29, 0.717) is 36.1 Å². The van der Waals surface area contributed by atoms with Gasteiger partial charge in [0.15, 0.2) is 0 Å². The van der Waals surface area contributed by atoms with E-state index < -0.39 is 35.0 Å². The fourth-order valence-electron chi connectivity index (χ4n) is 7.32. The molecule has 196 valence electrons. The van der Waals surface area contributed by atoms with Gasteiger partial charge in [-0.1, -0.05) is 42.8 Å². The lowest BCUT2D eigenvalue weighted by Gasteiger charge is -2.54. The lowest BCUT2D eigenvalue weighted by atomic mass is 9.45. The first-order chi connectivity index (χ1) is 18.3. The molecule has 3 fully saturated rings. The number of carbonyl (C=O) groups excluding carboxylic acids is 4. The Hall–Kier alpha value is -3.94. The van der Waals surface area contributed by atoms with Gasteiger partial charge in [-0.05, 0) is 45.0 Å². The van der Waals surface area contributed by atoms with Crippen LogP contribution in [0.1, 0.15) is 27.7 Å². The molecule has 2 heterocycles. The van der Waals surface area contributed by atoms with Crippen molar-refractivity contribution in [3.63, 3.8) is 0 Å². The van der Waals surface area contributed by atoms with E-state index in [1.54, 1.807) is 48.5 Å². The van der Waals surface area contributed by atoms with Crippen LogP contribution in [0.4, 0.5) is 11.4 Å². The molecule has 8 heteroatoms. The number of allylic oxidation sites excluding steroid dienone is 2. The van der Waals surface area contributed by atoms with Gasteiger partial charge in [0.1, 0.15) is 11.5 Å². The van der Waals surface area contributed by atoms with Gasteiger partial charge in [-0.2, -0.15) is 0 Å². The second-order valence-corrected chi connectivity index (χ2v) is 10.5. The van der Waals surface area contributed by atoms with Gasteiger partial charge in [0.2, 0.25) is 23.6 Å². The molecule has 0 radical (unpaired) electrons. The fourth-order valence-corrected chi connectivity index (χ4v) is 7.32. The molecule has 2 saturated heterocycles. The molecular weight excluding hydrogens is 484 g/mol. The normalized spacial score (nSPS) is 31.5. The van der Waals surface area contributed by atoms with Crippen LogP contribution in [0.15, 0.2) is 60.2 Å². The summed E-state index contributed by atoms with van der Waals surface area (Å²) in [5.41, 5.74) is 0.671. The molecule has 2 aliphatic heterocycles. The van der Waals surface area contributed by atoms with Crippen molar-refractivity contribution in [3.8, 4) is 11.5 Å². The quantitative estimate of drug-likeness (QED) is 0.428. The predicted octanol–water partition coefficient (Wildman–Crippen LogP) is 3.99. The molecule has 7 rings (SSSR count). The predicted molar refractivity (Wildman–Crippen MR) is 140 cm³/mol. The highest BCUT2D eigenvalue weighted by Crippen LogP contribution is 2.67. The molecule has 0 spiro atoms. The largest absolute Gasteiger partial charge is 0.492 e. The van der Waals surface area contributed by atoms with E-state index >= 15 is 0 Å². The number of para-hydroxylation sites is 4. The molecule has 0 aromatic heterocycles. The highest BCUT2D eigenvalue weighted by molar-refractivity contribution is 6.27. The Labute approximate surface area is 221 Å². The minimum absolute atomic E-state index is 0.348. The smallest absolute Gasteiger partial charge is 0.238 e. The maximum atomic E-state index is 14.1. The molecule has 1 saturated carbocycles. The zero-order valence-corrected chi connectivity index (χ0v) is 21.8. The zero-order chi connectivity index (χ0) is 26.9. The van der Waals surface area contributed by atoms with Crippen LogP contribution in [0, 0.1) is 35.0 Å². The summed E-state index contributed by atoms with van der Waals surface area (Å²) < 4.78 is 11.5. The number of carbonyl (C=O) groups is 4. The van der Waals surface area contributed by atoms with Gasteiger partial charge in [-0.3, -0.25) is 19.2 Å². The molecule has 2 unspecified atom stereocenters. The Balaban J connectivity index is 1.46. The Morgan fingerprint density at radius 1 is 0.711 bits per heavy atom. The number of imide groups is 2. The van der Waals surface area contributed by atoms with Crippen molar-refractivity contribution in [2.24, 2.45) is 35.0 Å². The SMILES string of the molecule is CCOc1ccccc1N1C(=O)[C@@H]2C3C=C(C)C(C)([C@@H]2C1=O)[C@H]1C(=O)N(c2ccccc2OCC)C(=O)[C@@H]31. The molecule has 4 amide bonds. The van der Waals surface area contributed by atoms with Crippen molar-refractivity contribution in [2.45, 2.75) is 27.7 Å². The van der Waals surface area contributed by atoms with Gasteiger partial charge >= 0.3 is 0 Å². The second kappa shape index (κ2) is 8.55. The number of amides is 4. The number of nitrogens with zero attached hydrogens (tertiary/aromatic N) is 2. The van der Waals surface area contributed by atoms with Crippen molar-refractivity contribution in [2.75, 3.05) is 23.0 Å². The van der Waals surface area contributed by atoms with Gasteiger partial charge in [0.25, 0.3) is 0 Å². The number of hydrogen-bond donors (Lipinski definition) is 0. The highest BCUT2D eigenvalue weighted by Gasteiger charge is 2.74. The van der Waals surface area contributed by atoms with E-state index in [1.165, 1.54) is 9.80 Å². The summed E-state index contributed by atoms with van der Waals surface area (Å²) in [5.74, 6) is -4.02. The first-order valence-electron chi connectivity index (χ1n) is 13.2. The number of ether oxygens (including phenoxy) is 2. The number of rotatable bonds is 6. The van der Waals surface area contributed by atoms with Crippen LogP contribution in [0.2, 0.25) is 0 Å². The Morgan fingerprint density at radius 3 is 1.55 bits per heavy atom. The average Bonchev–Trinajstić information content (AvgIpc) is 3.33. The summed E-state index contributed by atoms with van der Waals surface area (Å²) in [6.45, 7) is 8.22. The fraction of sp³-hybridized carbons (Fsp3) is 0.400. The third-order valence-corrected chi connectivity index (χ3v) is 8.93. The summed E-state index contributed by atoms with van der Waals surface area (Å²) in [4.78, 5) is 58.7.